The summed E-state index contributed by atoms with van der Waals surface area (Å²) < 4.78 is 16.0. The van der Waals surface area contributed by atoms with Crippen LogP contribution >= 0.6 is 12.4 Å². The van der Waals surface area contributed by atoms with Gasteiger partial charge in [-0.15, -0.1) is 12.4 Å². The van der Waals surface area contributed by atoms with Crippen molar-refractivity contribution < 1.29 is 24.1 Å². The molecule has 1 aromatic rings. The van der Waals surface area contributed by atoms with Gasteiger partial charge in [-0.2, -0.15) is 0 Å². The predicted molar refractivity (Wildman–Crippen MR) is 94.8 cm³/mol. The monoisotopic (exact) mass is 361 g/mol. The number of rotatable bonds is 14. The molecule has 0 aliphatic heterocycles. The highest BCUT2D eigenvalue weighted by Crippen LogP contribution is 2.12. The number of benzene rings is 1. The molecule has 24 heavy (non-hydrogen) atoms. The molecular weight excluding hydrogens is 334 g/mol. The Kier molecular flexibility index (Phi) is 14.4. The van der Waals surface area contributed by atoms with Crippen LogP contribution in [0.15, 0.2) is 24.3 Å². The molecule has 0 bridgehead atoms. The summed E-state index contributed by atoms with van der Waals surface area (Å²) in [5, 5.41) is 8.38. The van der Waals surface area contributed by atoms with Gasteiger partial charge >= 0.3 is 5.97 Å². The second-order valence-corrected chi connectivity index (χ2v) is 5.17. The van der Waals surface area contributed by atoms with Crippen molar-refractivity contribution in [2.24, 2.45) is 5.73 Å². The fourth-order valence-electron chi connectivity index (χ4n) is 1.92. The van der Waals surface area contributed by atoms with Gasteiger partial charge in [0.25, 0.3) is 0 Å². The lowest BCUT2D eigenvalue weighted by Gasteiger charge is -2.07. The SMILES string of the molecule is Cl.NCc1ccc(OCCCCCOCCCOCC(=O)O)cc1. The Bertz CT molecular complexity index is 427. The van der Waals surface area contributed by atoms with Crippen LogP contribution in [0.3, 0.4) is 0 Å². The largest absolute Gasteiger partial charge is 0.494 e. The van der Waals surface area contributed by atoms with Gasteiger partial charge in [0.1, 0.15) is 12.4 Å². The van der Waals surface area contributed by atoms with Gasteiger partial charge in [0.05, 0.1) is 6.61 Å². The van der Waals surface area contributed by atoms with Crippen LogP contribution in [0.1, 0.15) is 31.2 Å². The van der Waals surface area contributed by atoms with Gasteiger partial charge in [-0.05, 0) is 43.4 Å². The number of aliphatic carboxylic acids is 1. The average Bonchev–Trinajstić information content (AvgIpc) is 2.56. The molecule has 0 fully saturated rings. The summed E-state index contributed by atoms with van der Waals surface area (Å²) in [7, 11) is 0. The third-order valence-electron chi connectivity index (χ3n) is 3.16. The summed E-state index contributed by atoms with van der Waals surface area (Å²) in [6.07, 6.45) is 3.75. The summed E-state index contributed by atoms with van der Waals surface area (Å²) in [6.45, 7) is 2.74. The zero-order valence-electron chi connectivity index (χ0n) is 13.9. The minimum absolute atomic E-state index is 0. The molecule has 0 aliphatic carbocycles. The summed E-state index contributed by atoms with van der Waals surface area (Å²) >= 11 is 0. The van der Waals surface area contributed by atoms with E-state index in [9.17, 15) is 4.79 Å². The van der Waals surface area contributed by atoms with Crippen molar-refractivity contribution in [1.82, 2.24) is 0 Å². The van der Waals surface area contributed by atoms with E-state index in [-0.39, 0.29) is 19.0 Å². The second-order valence-electron chi connectivity index (χ2n) is 5.17. The first kappa shape index (κ1) is 22.7. The molecule has 1 aromatic carbocycles. The van der Waals surface area contributed by atoms with Crippen molar-refractivity contribution in [1.29, 1.82) is 0 Å². The van der Waals surface area contributed by atoms with Gasteiger partial charge in [0, 0.05) is 26.4 Å². The Hall–Kier alpha value is -1.34. The van der Waals surface area contributed by atoms with Crippen molar-refractivity contribution in [2.75, 3.05) is 33.0 Å². The fraction of sp³-hybridized carbons (Fsp3) is 0.588. The molecule has 0 heterocycles. The third-order valence-corrected chi connectivity index (χ3v) is 3.16. The van der Waals surface area contributed by atoms with E-state index < -0.39 is 5.97 Å². The molecule has 6 nitrogen and oxygen atoms in total. The quantitative estimate of drug-likeness (QED) is 0.495. The molecule has 0 spiro atoms. The number of carboxylic acid groups (broad SMARTS) is 1. The summed E-state index contributed by atoms with van der Waals surface area (Å²) in [5.41, 5.74) is 6.64. The number of hydrogen-bond donors (Lipinski definition) is 2. The lowest BCUT2D eigenvalue weighted by atomic mass is 10.2. The highest BCUT2D eigenvalue weighted by atomic mass is 35.5. The maximum atomic E-state index is 10.2. The number of unbranched alkanes of at least 4 members (excludes halogenated alkanes) is 2. The Morgan fingerprint density at radius 2 is 1.54 bits per heavy atom. The molecule has 0 unspecified atom stereocenters. The molecule has 0 atom stereocenters. The molecule has 0 saturated heterocycles. The van der Waals surface area contributed by atoms with Crippen LogP contribution in [0.4, 0.5) is 0 Å². The zero-order valence-corrected chi connectivity index (χ0v) is 14.8. The average molecular weight is 362 g/mol. The van der Waals surface area contributed by atoms with E-state index in [1.165, 1.54) is 0 Å². The first-order valence-electron chi connectivity index (χ1n) is 8.01. The Labute approximate surface area is 149 Å². The number of ether oxygens (including phenoxy) is 3. The highest BCUT2D eigenvalue weighted by molar-refractivity contribution is 5.85. The lowest BCUT2D eigenvalue weighted by Crippen LogP contribution is -2.09. The molecule has 0 aliphatic rings. The first-order valence-corrected chi connectivity index (χ1v) is 8.01. The van der Waals surface area contributed by atoms with E-state index >= 15 is 0 Å². The van der Waals surface area contributed by atoms with Crippen LogP contribution in [0.25, 0.3) is 0 Å². The van der Waals surface area contributed by atoms with Crippen LogP contribution in [-0.2, 0) is 20.8 Å². The van der Waals surface area contributed by atoms with Crippen LogP contribution < -0.4 is 10.5 Å². The molecular formula is C17H28ClNO5. The fourth-order valence-corrected chi connectivity index (χ4v) is 1.92. The van der Waals surface area contributed by atoms with E-state index in [0.29, 0.717) is 33.0 Å². The van der Waals surface area contributed by atoms with E-state index in [1.807, 2.05) is 24.3 Å². The smallest absolute Gasteiger partial charge is 0.329 e. The molecule has 3 N–H and O–H groups in total. The minimum Gasteiger partial charge on any atom is -0.494 e. The molecule has 7 heteroatoms. The maximum Gasteiger partial charge on any atom is 0.329 e. The van der Waals surface area contributed by atoms with Gasteiger partial charge in [-0.25, -0.2) is 4.79 Å². The predicted octanol–water partition coefficient (Wildman–Crippen LogP) is 2.62. The molecule has 0 radical (unpaired) electrons. The molecule has 0 amide bonds. The van der Waals surface area contributed by atoms with Crippen LogP contribution in [-0.4, -0.2) is 44.1 Å². The number of hydrogen-bond acceptors (Lipinski definition) is 5. The van der Waals surface area contributed by atoms with Crippen LogP contribution in [0.5, 0.6) is 5.75 Å². The van der Waals surface area contributed by atoms with Gasteiger partial charge < -0.3 is 25.1 Å². The van der Waals surface area contributed by atoms with Gasteiger partial charge in [0.15, 0.2) is 0 Å². The van der Waals surface area contributed by atoms with E-state index in [4.69, 9.17) is 25.1 Å². The Morgan fingerprint density at radius 3 is 2.21 bits per heavy atom. The van der Waals surface area contributed by atoms with E-state index in [1.54, 1.807) is 0 Å². The van der Waals surface area contributed by atoms with Gasteiger partial charge in [-0.1, -0.05) is 12.1 Å². The third kappa shape index (κ3) is 12.1. The first-order chi connectivity index (χ1) is 11.2. The topological polar surface area (TPSA) is 91.0 Å². The normalized spacial score (nSPS) is 10.2. The minimum atomic E-state index is -0.941. The van der Waals surface area contributed by atoms with Gasteiger partial charge in [-0.3, -0.25) is 0 Å². The van der Waals surface area contributed by atoms with E-state index in [2.05, 4.69) is 0 Å². The van der Waals surface area contributed by atoms with Crippen LogP contribution in [0, 0.1) is 0 Å². The van der Waals surface area contributed by atoms with Crippen molar-refractivity contribution in [3.8, 4) is 5.75 Å². The summed E-state index contributed by atoms with van der Waals surface area (Å²) in [5.74, 6) is -0.0664. The Balaban J connectivity index is 0.00000529. The number of halogens is 1. The number of nitrogens with two attached hydrogens (primary N) is 1. The second kappa shape index (κ2) is 15.2. The zero-order chi connectivity index (χ0) is 16.8. The standard InChI is InChI=1S/C17H27NO5.ClH/c18-13-15-5-7-16(8-6-15)23-12-3-1-2-9-21-10-4-11-22-14-17(19)20;/h5-8H,1-4,9-14,18H2,(H,19,20);1H. The molecule has 138 valence electrons. The van der Waals surface area contributed by atoms with Crippen molar-refractivity contribution in [3.63, 3.8) is 0 Å². The van der Waals surface area contributed by atoms with Crippen molar-refractivity contribution in [3.05, 3.63) is 29.8 Å². The van der Waals surface area contributed by atoms with Crippen LogP contribution in [0.2, 0.25) is 0 Å². The van der Waals surface area contributed by atoms with E-state index in [0.717, 1.165) is 37.0 Å². The summed E-state index contributed by atoms with van der Waals surface area (Å²) in [4.78, 5) is 10.2. The number of carbonyl (C=O) groups is 1. The Morgan fingerprint density at radius 1 is 0.917 bits per heavy atom. The summed E-state index contributed by atoms with van der Waals surface area (Å²) in [6, 6.07) is 7.84. The van der Waals surface area contributed by atoms with Crippen molar-refractivity contribution in [2.45, 2.75) is 32.2 Å². The number of carboxylic acids is 1. The molecule has 0 aromatic heterocycles. The maximum absolute atomic E-state index is 10.2. The molecule has 0 saturated carbocycles. The molecule has 1 rings (SSSR count). The highest BCUT2D eigenvalue weighted by Gasteiger charge is 1.97. The lowest BCUT2D eigenvalue weighted by molar-refractivity contribution is -0.142. The van der Waals surface area contributed by atoms with Gasteiger partial charge in [0.2, 0.25) is 0 Å². The van der Waals surface area contributed by atoms with Crippen molar-refractivity contribution >= 4 is 18.4 Å².